The molecule has 5 nitrogen and oxygen atoms in total. The highest BCUT2D eigenvalue weighted by Crippen LogP contribution is 2.33. The lowest BCUT2D eigenvalue weighted by atomic mass is 10.2. The monoisotopic (exact) mass is 305 g/mol. The standard InChI is InChI=1S/C15H19N3O2S/c19-21(20)8-6-14(11-21)18(13-4-5-13)10-12-9-17-7-2-1-3-15(17)16-12/h1-3,7,9,13-14H,4-6,8,10-11H2. The molecule has 0 N–H and O–H groups in total. The largest absolute Gasteiger partial charge is 0.307 e. The first-order valence-electron chi connectivity index (χ1n) is 7.49. The Kier molecular flexibility index (Phi) is 3.04. The fourth-order valence-electron chi connectivity index (χ4n) is 3.25. The highest BCUT2D eigenvalue weighted by molar-refractivity contribution is 7.91. The number of hydrogen-bond donors (Lipinski definition) is 0. The lowest BCUT2D eigenvalue weighted by Gasteiger charge is -2.27. The van der Waals surface area contributed by atoms with Crippen molar-refractivity contribution in [2.45, 2.75) is 37.9 Å². The third kappa shape index (κ3) is 2.70. The summed E-state index contributed by atoms with van der Waals surface area (Å²) in [6, 6.07) is 6.68. The third-order valence-electron chi connectivity index (χ3n) is 4.45. The topological polar surface area (TPSA) is 54.7 Å². The van der Waals surface area contributed by atoms with Crippen LogP contribution in [-0.2, 0) is 16.4 Å². The SMILES string of the molecule is O=S1(=O)CCC(N(Cc2cn3ccccc3n2)C2CC2)C1. The number of hydrogen-bond acceptors (Lipinski definition) is 4. The normalized spacial score (nSPS) is 24.9. The van der Waals surface area contributed by atoms with Crippen LogP contribution in [0.4, 0.5) is 0 Å². The van der Waals surface area contributed by atoms with Crippen LogP contribution >= 0.6 is 0 Å². The van der Waals surface area contributed by atoms with Crippen molar-refractivity contribution < 1.29 is 8.42 Å². The van der Waals surface area contributed by atoms with Gasteiger partial charge < -0.3 is 4.40 Å². The molecule has 0 bridgehead atoms. The lowest BCUT2D eigenvalue weighted by molar-refractivity contribution is 0.191. The summed E-state index contributed by atoms with van der Waals surface area (Å²) < 4.78 is 25.5. The molecule has 4 rings (SSSR count). The molecule has 1 atom stereocenters. The Balaban J connectivity index is 1.57. The maximum Gasteiger partial charge on any atom is 0.151 e. The van der Waals surface area contributed by atoms with Crippen molar-refractivity contribution in [1.82, 2.24) is 14.3 Å². The van der Waals surface area contributed by atoms with E-state index in [4.69, 9.17) is 0 Å². The quantitative estimate of drug-likeness (QED) is 0.859. The molecular weight excluding hydrogens is 286 g/mol. The number of pyridine rings is 1. The summed E-state index contributed by atoms with van der Waals surface area (Å²) in [6.45, 7) is 0.756. The predicted octanol–water partition coefficient (Wildman–Crippen LogP) is 1.49. The first-order valence-corrected chi connectivity index (χ1v) is 9.32. The number of fused-ring (bicyclic) bond motifs is 1. The Morgan fingerprint density at radius 2 is 2.10 bits per heavy atom. The maximum absolute atomic E-state index is 11.7. The Morgan fingerprint density at radius 3 is 2.76 bits per heavy atom. The second-order valence-corrected chi connectivity index (χ2v) is 8.39. The molecule has 2 aromatic rings. The second kappa shape index (κ2) is 4.81. The molecule has 1 aliphatic heterocycles. The minimum Gasteiger partial charge on any atom is -0.307 e. The van der Waals surface area contributed by atoms with Crippen molar-refractivity contribution in [3.8, 4) is 0 Å². The lowest BCUT2D eigenvalue weighted by Crippen LogP contribution is -2.37. The highest BCUT2D eigenvalue weighted by Gasteiger charge is 2.39. The molecule has 0 radical (unpaired) electrons. The highest BCUT2D eigenvalue weighted by atomic mass is 32.2. The van der Waals surface area contributed by atoms with Gasteiger partial charge >= 0.3 is 0 Å². The smallest absolute Gasteiger partial charge is 0.151 e. The zero-order valence-corrected chi connectivity index (χ0v) is 12.7. The first kappa shape index (κ1) is 13.3. The van der Waals surface area contributed by atoms with E-state index in [0.29, 0.717) is 17.5 Å². The second-order valence-electron chi connectivity index (χ2n) is 6.16. The minimum absolute atomic E-state index is 0.173. The van der Waals surface area contributed by atoms with E-state index in [-0.39, 0.29) is 6.04 Å². The Morgan fingerprint density at radius 1 is 1.24 bits per heavy atom. The first-order chi connectivity index (χ1) is 10.1. The molecule has 1 unspecified atom stereocenters. The van der Waals surface area contributed by atoms with Crippen LogP contribution in [0.1, 0.15) is 25.0 Å². The van der Waals surface area contributed by atoms with E-state index in [2.05, 4.69) is 9.88 Å². The van der Waals surface area contributed by atoms with Crippen molar-refractivity contribution in [3.63, 3.8) is 0 Å². The van der Waals surface area contributed by atoms with Crippen LogP contribution in [0.3, 0.4) is 0 Å². The summed E-state index contributed by atoms with van der Waals surface area (Å²) in [4.78, 5) is 7.01. The minimum atomic E-state index is -2.83. The summed E-state index contributed by atoms with van der Waals surface area (Å²) >= 11 is 0. The van der Waals surface area contributed by atoms with Gasteiger partial charge in [0.25, 0.3) is 0 Å². The van der Waals surface area contributed by atoms with Crippen molar-refractivity contribution >= 4 is 15.5 Å². The summed E-state index contributed by atoms with van der Waals surface area (Å²) in [5.74, 6) is 0.656. The Labute approximate surface area is 124 Å². The van der Waals surface area contributed by atoms with E-state index < -0.39 is 9.84 Å². The number of imidazole rings is 1. The van der Waals surface area contributed by atoms with E-state index in [1.807, 2.05) is 35.0 Å². The third-order valence-corrected chi connectivity index (χ3v) is 6.20. The van der Waals surface area contributed by atoms with Crippen molar-refractivity contribution in [2.24, 2.45) is 0 Å². The zero-order chi connectivity index (χ0) is 14.4. The summed E-state index contributed by atoms with van der Waals surface area (Å²) in [5, 5.41) is 0. The molecule has 3 heterocycles. The fraction of sp³-hybridized carbons (Fsp3) is 0.533. The van der Waals surface area contributed by atoms with Crippen LogP contribution in [0.2, 0.25) is 0 Å². The molecule has 0 aromatic carbocycles. The summed E-state index contributed by atoms with van der Waals surface area (Å²) in [7, 11) is -2.83. The number of rotatable bonds is 4. The van der Waals surface area contributed by atoms with Gasteiger partial charge in [-0.3, -0.25) is 4.90 Å². The molecule has 2 aliphatic rings. The van der Waals surface area contributed by atoms with Gasteiger partial charge in [-0.25, -0.2) is 13.4 Å². The van der Waals surface area contributed by atoms with Gasteiger partial charge in [0.15, 0.2) is 9.84 Å². The van der Waals surface area contributed by atoms with Crippen molar-refractivity contribution in [2.75, 3.05) is 11.5 Å². The average molecular weight is 305 g/mol. The summed E-state index contributed by atoms with van der Waals surface area (Å²) in [6.07, 6.45) is 7.18. The van der Waals surface area contributed by atoms with Crippen LogP contribution in [-0.4, -0.2) is 46.3 Å². The molecule has 21 heavy (non-hydrogen) atoms. The van der Waals surface area contributed by atoms with E-state index in [9.17, 15) is 8.42 Å². The summed E-state index contributed by atoms with van der Waals surface area (Å²) in [5.41, 5.74) is 1.97. The zero-order valence-electron chi connectivity index (χ0n) is 11.9. The van der Waals surface area contributed by atoms with Crippen LogP contribution in [0.5, 0.6) is 0 Å². The van der Waals surface area contributed by atoms with Gasteiger partial charge in [-0.2, -0.15) is 0 Å². The van der Waals surface area contributed by atoms with E-state index in [0.717, 1.165) is 24.3 Å². The molecular formula is C15H19N3O2S. The van der Waals surface area contributed by atoms with Gasteiger partial charge in [0, 0.05) is 31.0 Å². The van der Waals surface area contributed by atoms with Gasteiger partial charge in [-0.15, -0.1) is 0 Å². The number of aromatic nitrogens is 2. The van der Waals surface area contributed by atoms with Gasteiger partial charge in [0.1, 0.15) is 5.65 Å². The molecule has 0 spiro atoms. The van der Waals surface area contributed by atoms with Gasteiger partial charge in [0.05, 0.1) is 17.2 Å². The molecule has 112 valence electrons. The Bertz CT molecular complexity index is 731. The average Bonchev–Trinajstić information content (AvgIpc) is 3.10. The molecule has 1 aliphatic carbocycles. The van der Waals surface area contributed by atoms with Crippen molar-refractivity contribution in [3.05, 3.63) is 36.3 Å². The van der Waals surface area contributed by atoms with Crippen LogP contribution in [0.25, 0.3) is 5.65 Å². The number of nitrogens with zero attached hydrogens (tertiary/aromatic N) is 3. The maximum atomic E-state index is 11.7. The molecule has 2 aromatic heterocycles. The van der Waals surface area contributed by atoms with E-state index in [1.165, 1.54) is 12.8 Å². The predicted molar refractivity (Wildman–Crippen MR) is 80.8 cm³/mol. The van der Waals surface area contributed by atoms with E-state index >= 15 is 0 Å². The molecule has 1 saturated heterocycles. The number of sulfone groups is 1. The van der Waals surface area contributed by atoms with Crippen LogP contribution in [0, 0.1) is 0 Å². The molecule has 0 amide bonds. The molecule has 1 saturated carbocycles. The molecule has 2 fully saturated rings. The van der Waals surface area contributed by atoms with Crippen LogP contribution in [0.15, 0.2) is 30.6 Å². The van der Waals surface area contributed by atoms with Gasteiger partial charge in [-0.1, -0.05) is 6.07 Å². The van der Waals surface area contributed by atoms with Crippen LogP contribution < -0.4 is 0 Å². The van der Waals surface area contributed by atoms with Crippen molar-refractivity contribution in [1.29, 1.82) is 0 Å². The Hall–Kier alpha value is -1.40. The van der Waals surface area contributed by atoms with E-state index in [1.54, 1.807) is 0 Å². The molecule has 6 heteroatoms. The fourth-order valence-corrected chi connectivity index (χ4v) is 4.99. The van der Waals surface area contributed by atoms with Gasteiger partial charge in [0.2, 0.25) is 0 Å². The van der Waals surface area contributed by atoms with Gasteiger partial charge in [-0.05, 0) is 31.4 Å².